The molecule has 5 heteroatoms. The highest BCUT2D eigenvalue weighted by molar-refractivity contribution is 5.92. The molecule has 0 bridgehead atoms. The molecule has 3 heterocycles. The van der Waals surface area contributed by atoms with E-state index in [1.807, 2.05) is 13.8 Å². The van der Waals surface area contributed by atoms with Gasteiger partial charge in [-0.25, -0.2) is 4.79 Å². The van der Waals surface area contributed by atoms with Gasteiger partial charge < -0.3 is 19.3 Å². The number of ether oxygens (including phenoxy) is 3. The quantitative estimate of drug-likeness (QED) is 0.442. The summed E-state index contributed by atoms with van der Waals surface area (Å²) in [7, 11) is 0. The van der Waals surface area contributed by atoms with E-state index in [1.54, 1.807) is 0 Å². The molecule has 6 aliphatic rings. The number of aliphatic hydroxyl groups is 1. The molecule has 0 aromatic rings. The van der Waals surface area contributed by atoms with Crippen molar-refractivity contribution in [2.45, 2.75) is 75.5 Å². The second-order valence-electron chi connectivity index (χ2n) is 9.94. The smallest absolute Gasteiger partial charge is 0.334 e. The van der Waals surface area contributed by atoms with Gasteiger partial charge in [-0.3, -0.25) is 0 Å². The van der Waals surface area contributed by atoms with Crippen LogP contribution in [0.2, 0.25) is 0 Å². The minimum absolute atomic E-state index is 0.0111. The van der Waals surface area contributed by atoms with Crippen molar-refractivity contribution in [3.05, 3.63) is 23.3 Å². The van der Waals surface area contributed by atoms with Crippen LogP contribution < -0.4 is 0 Å². The molecule has 26 heavy (non-hydrogen) atoms. The van der Waals surface area contributed by atoms with E-state index in [1.165, 1.54) is 5.57 Å². The van der Waals surface area contributed by atoms with Crippen LogP contribution in [0.5, 0.6) is 0 Å². The van der Waals surface area contributed by atoms with Gasteiger partial charge in [0.15, 0.2) is 0 Å². The zero-order valence-electron chi connectivity index (χ0n) is 15.6. The van der Waals surface area contributed by atoms with Crippen LogP contribution >= 0.6 is 0 Å². The predicted octanol–water partition coefficient (Wildman–Crippen LogP) is 2.28. The lowest BCUT2D eigenvalue weighted by Crippen LogP contribution is -2.63. The number of carbonyl (C=O) groups excluding carboxylic acids is 1. The summed E-state index contributed by atoms with van der Waals surface area (Å²) < 4.78 is 18.3. The highest BCUT2D eigenvalue weighted by atomic mass is 16.7. The third-order valence-corrected chi connectivity index (χ3v) is 8.58. The Bertz CT molecular complexity index is 806. The number of cyclic esters (lactones) is 1. The fourth-order valence-corrected chi connectivity index (χ4v) is 7.27. The van der Waals surface area contributed by atoms with E-state index in [2.05, 4.69) is 13.5 Å². The highest BCUT2D eigenvalue weighted by Crippen LogP contribution is 2.80. The first-order chi connectivity index (χ1) is 12.2. The van der Waals surface area contributed by atoms with Crippen LogP contribution in [0.4, 0.5) is 0 Å². The van der Waals surface area contributed by atoms with Crippen molar-refractivity contribution in [1.82, 2.24) is 0 Å². The first-order valence-corrected chi connectivity index (χ1v) is 9.83. The largest absolute Gasteiger partial charge is 0.458 e. The maximum atomic E-state index is 12.1. The van der Waals surface area contributed by atoms with Crippen molar-refractivity contribution >= 4 is 5.97 Å². The molecule has 0 amide bonds. The molecule has 0 aromatic carbocycles. The van der Waals surface area contributed by atoms with Crippen molar-refractivity contribution in [1.29, 1.82) is 0 Å². The minimum atomic E-state index is -0.827. The summed E-state index contributed by atoms with van der Waals surface area (Å²) in [5, 5.41) is 10.7. The van der Waals surface area contributed by atoms with E-state index in [4.69, 9.17) is 14.2 Å². The number of hydrogen-bond acceptors (Lipinski definition) is 5. The average molecular weight is 358 g/mol. The SMILES string of the molecule is C=C1C(C(C)(C)O)CC2OC23C2(C)CCC4=C(COC4=O)C2CC2OC123. The van der Waals surface area contributed by atoms with Crippen molar-refractivity contribution in [3.8, 4) is 0 Å². The summed E-state index contributed by atoms with van der Waals surface area (Å²) in [5.41, 5.74) is 1.40. The van der Waals surface area contributed by atoms with E-state index >= 15 is 0 Å². The molecule has 2 spiro atoms. The van der Waals surface area contributed by atoms with E-state index in [9.17, 15) is 9.90 Å². The average Bonchev–Trinajstić information content (AvgIpc) is 3.43. The van der Waals surface area contributed by atoms with Gasteiger partial charge in [0.1, 0.15) is 17.8 Å². The third kappa shape index (κ3) is 1.41. The van der Waals surface area contributed by atoms with Gasteiger partial charge in [-0.2, -0.15) is 0 Å². The summed E-state index contributed by atoms with van der Waals surface area (Å²) in [4.78, 5) is 12.1. The van der Waals surface area contributed by atoms with Crippen LogP contribution in [0.1, 0.15) is 46.5 Å². The second-order valence-corrected chi connectivity index (χ2v) is 9.94. The lowest BCUT2D eigenvalue weighted by Gasteiger charge is -2.54. The van der Waals surface area contributed by atoms with Gasteiger partial charge in [0.25, 0.3) is 0 Å². The Morgan fingerprint density at radius 2 is 2.00 bits per heavy atom. The number of epoxide rings is 2. The van der Waals surface area contributed by atoms with Gasteiger partial charge in [0.05, 0.1) is 17.8 Å². The normalized spacial score (nSPS) is 53.8. The first-order valence-electron chi connectivity index (χ1n) is 9.83. The molecule has 0 radical (unpaired) electrons. The highest BCUT2D eigenvalue weighted by Gasteiger charge is 2.91. The van der Waals surface area contributed by atoms with E-state index in [0.29, 0.717) is 6.61 Å². The second kappa shape index (κ2) is 4.13. The molecule has 4 fully saturated rings. The van der Waals surface area contributed by atoms with Crippen molar-refractivity contribution in [3.63, 3.8) is 0 Å². The topological polar surface area (TPSA) is 71.6 Å². The Morgan fingerprint density at radius 1 is 1.23 bits per heavy atom. The molecule has 0 aromatic heterocycles. The molecular weight excluding hydrogens is 332 g/mol. The third-order valence-electron chi connectivity index (χ3n) is 8.58. The van der Waals surface area contributed by atoms with Crippen molar-refractivity contribution in [2.24, 2.45) is 17.3 Å². The Kier molecular flexibility index (Phi) is 2.52. The number of hydrogen-bond donors (Lipinski definition) is 1. The maximum absolute atomic E-state index is 12.1. The molecule has 2 saturated heterocycles. The number of fused-ring (bicyclic) bond motifs is 2. The Hall–Kier alpha value is -1.17. The summed E-state index contributed by atoms with van der Waals surface area (Å²) in [5.74, 6) is 0.134. The molecule has 6 rings (SSSR count). The Labute approximate surface area is 153 Å². The van der Waals surface area contributed by atoms with Crippen molar-refractivity contribution < 1.29 is 24.1 Å². The summed E-state index contributed by atoms with van der Waals surface area (Å²) in [6, 6.07) is 0. The lowest BCUT2D eigenvalue weighted by atomic mass is 9.46. The number of rotatable bonds is 1. The molecule has 7 unspecified atom stereocenters. The predicted molar refractivity (Wildman–Crippen MR) is 92.2 cm³/mol. The lowest BCUT2D eigenvalue weighted by molar-refractivity contribution is -0.136. The van der Waals surface area contributed by atoms with Crippen LogP contribution in [0, 0.1) is 17.3 Å². The molecule has 2 saturated carbocycles. The zero-order valence-corrected chi connectivity index (χ0v) is 15.6. The fraction of sp³-hybridized carbons (Fsp3) is 0.762. The zero-order chi connectivity index (χ0) is 18.3. The molecule has 7 atom stereocenters. The summed E-state index contributed by atoms with van der Waals surface area (Å²) in [6.07, 6.45) is 3.54. The van der Waals surface area contributed by atoms with Crippen LogP contribution in [-0.4, -0.2) is 46.7 Å². The fourth-order valence-electron chi connectivity index (χ4n) is 7.27. The molecule has 3 aliphatic carbocycles. The van der Waals surface area contributed by atoms with Crippen LogP contribution in [0.15, 0.2) is 23.3 Å². The monoisotopic (exact) mass is 358 g/mol. The van der Waals surface area contributed by atoms with Crippen LogP contribution in [-0.2, 0) is 19.0 Å². The van der Waals surface area contributed by atoms with Crippen LogP contribution in [0.3, 0.4) is 0 Å². The maximum Gasteiger partial charge on any atom is 0.334 e. The number of carbonyl (C=O) groups is 1. The summed E-state index contributed by atoms with van der Waals surface area (Å²) in [6.45, 7) is 10.9. The molecule has 140 valence electrons. The van der Waals surface area contributed by atoms with Gasteiger partial charge in [0, 0.05) is 16.9 Å². The van der Waals surface area contributed by atoms with Gasteiger partial charge in [0.2, 0.25) is 0 Å². The Morgan fingerprint density at radius 3 is 2.73 bits per heavy atom. The van der Waals surface area contributed by atoms with Gasteiger partial charge in [-0.1, -0.05) is 13.5 Å². The molecule has 5 nitrogen and oxygen atoms in total. The van der Waals surface area contributed by atoms with E-state index in [-0.39, 0.29) is 41.0 Å². The first kappa shape index (κ1) is 15.8. The van der Waals surface area contributed by atoms with E-state index < -0.39 is 11.2 Å². The number of esters is 1. The molecule has 3 aliphatic heterocycles. The van der Waals surface area contributed by atoms with E-state index in [0.717, 1.165) is 36.8 Å². The minimum Gasteiger partial charge on any atom is -0.458 e. The van der Waals surface area contributed by atoms with Gasteiger partial charge in [-0.15, -0.1) is 0 Å². The van der Waals surface area contributed by atoms with Gasteiger partial charge >= 0.3 is 5.97 Å². The summed E-state index contributed by atoms with van der Waals surface area (Å²) >= 11 is 0. The van der Waals surface area contributed by atoms with Crippen molar-refractivity contribution in [2.75, 3.05) is 6.61 Å². The standard InChI is InChI=1S/C21H26O5/c1-10-13(18(2,3)23)7-16-21(26-16)19(4)6-5-11-12(9-24-17(11)22)14(19)8-15-20(10,21)25-15/h13-16,23H,1,5-9H2,2-4H3. The van der Waals surface area contributed by atoms with Gasteiger partial charge in [-0.05, 0) is 56.6 Å². The molecular formula is C21H26O5. The Balaban J connectivity index is 1.47. The molecule has 1 N–H and O–H groups in total. The van der Waals surface area contributed by atoms with Crippen LogP contribution in [0.25, 0.3) is 0 Å².